The second kappa shape index (κ2) is 5.69. The molecule has 0 radical (unpaired) electrons. The minimum Gasteiger partial charge on any atom is -0.444 e. The Morgan fingerprint density at radius 1 is 1.50 bits per heavy atom. The van der Waals surface area contributed by atoms with Crippen molar-refractivity contribution in [1.29, 1.82) is 0 Å². The van der Waals surface area contributed by atoms with Gasteiger partial charge in [-0.3, -0.25) is 0 Å². The molecule has 0 saturated carbocycles. The molecule has 20 heavy (non-hydrogen) atoms. The van der Waals surface area contributed by atoms with Crippen LogP contribution in [-0.4, -0.2) is 35.8 Å². The molecule has 2 rings (SSSR count). The van der Waals surface area contributed by atoms with Gasteiger partial charge in [0.15, 0.2) is 0 Å². The van der Waals surface area contributed by atoms with Crippen LogP contribution in [0, 0.1) is 6.92 Å². The molecule has 0 spiro atoms. The smallest absolute Gasteiger partial charge is 0.407 e. The highest BCUT2D eigenvalue weighted by atomic mass is 16.6. The fourth-order valence-electron chi connectivity index (χ4n) is 2.25. The van der Waals surface area contributed by atoms with Gasteiger partial charge in [-0.05, 0) is 51.8 Å². The van der Waals surface area contributed by atoms with Crippen molar-refractivity contribution in [3.8, 4) is 0 Å². The first kappa shape index (κ1) is 14.6. The third kappa shape index (κ3) is 4.11. The second-order valence-electron chi connectivity index (χ2n) is 6.27. The molecule has 0 bridgehead atoms. The molecule has 5 nitrogen and oxygen atoms in total. The zero-order chi connectivity index (χ0) is 14.8. The molecular formula is C15H23N3O2. The number of anilines is 1. The first-order chi connectivity index (χ1) is 9.33. The predicted molar refractivity (Wildman–Crippen MR) is 79.0 cm³/mol. The molecule has 1 atom stereocenters. The van der Waals surface area contributed by atoms with E-state index in [-0.39, 0.29) is 12.1 Å². The SMILES string of the molecule is Cc1ccnc(N2CC[C@H](NC(=O)OC(C)(C)C)C2)c1. The van der Waals surface area contributed by atoms with Gasteiger partial charge >= 0.3 is 6.09 Å². The van der Waals surface area contributed by atoms with Crippen molar-refractivity contribution in [2.45, 2.75) is 45.8 Å². The molecule has 1 saturated heterocycles. The summed E-state index contributed by atoms with van der Waals surface area (Å²) in [5.74, 6) is 0.971. The maximum absolute atomic E-state index is 11.7. The molecule has 5 heteroatoms. The first-order valence-electron chi connectivity index (χ1n) is 7.00. The van der Waals surface area contributed by atoms with E-state index in [2.05, 4.69) is 28.2 Å². The van der Waals surface area contributed by atoms with E-state index in [4.69, 9.17) is 4.74 Å². The zero-order valence-corrected chi connectivity index (χ0v) is 12.6. The average molecular weight is 277 g/mol. The summed E-state index contributed by atoms with van der Waals surface area (Å²) < 4.78 is 5.28. The topological polar surface area (TPSA) is 54.5 Å². The Morgan fingerprint density at radius 2 is 2.25 bits per heavy atom. The number of amides is 1. The van der Waals surface area contributed by atoms with Gasteiger partial charge in [0.05, 0.1) is 6.04 Å². The Labute approximate surface area is 120 Å². The third-order valence-electron chi connectivity index (χ3n) is 3.13. The van der Waals surface area contributed by atoms with Crippen molar-refractivity contribution in [2.75, 3.05) is 18.0 Å². The summed E-state index contributed by atoms with van der Waals surface area (Å²) in [5.41, 5.74) is 0.735. The number of ether oxygens (including phenoxy) is 1. The van der Waals surface area contributed by atoms with Crippen molar-refractivity contribution >= 4 is 11.9 Å². The van der Waals surface area contributed by atoms with Gasteiger partial charge in [0.2, 0.25) is 0 Å². The molecule has 1 N–H and O–H groups in total. The van der Waals surface area contributed by atoms with Gasteiger partial charge < -0.3 is 15.0 Å². The van der Waals surface area contributed by atoms with Crippen molar-refractivity contribution in [3.05, 3.63) is 23.9 Å². The first-order valence-corrected chi connectivity index (χ1v) is 7.00. The number of aromatic nitrogens is 1. The zero-order valence-electron chi connectivity index (χ0n) is 12.6. The number of nitrogens with zero attached hydrogens (tertiary/aromatic N) is 2. The monoisotopic (exact) mass is 277 g/mol. The van der Waals surface area contributed by atoms with Crippen LogP contribution >= 0.6 is 0 Å². The van der Waals surface area contributed by atoms with Crippen molar-refractivity contribution in [2.24, 2.45) is 0 Å². The van der Waals surface area contributed by atoms with Crippen LogP contribution in [0.1, 0.15) is 32.8 Å². The standard InChI is InChI=1S/C15H23N3O2/c1-11-5-7-16-13(9-11)18-8-6-12(10-18)17-14(19)20-15(2,3)4/h5,7,9,12H,6,8,10H2,1-4H3,(H,17,19)/t12-/m0/s1. The third-order valence-corrected chi connectivity index (χ3v) is 3.13. The molecule has 1 fully saturated rings. The molecule has 2 heterocycles. The van der Waals surface area contributed by atoms with E-state index >= 15 is 0 Å². The van der Waals surface area contributed by atoms with Crippen LogP contribution in [0.15, 0.2) is 18.3 Å². The molecule has 0 aromatic carbocycles. The van der Waals surface area contributed by atoms with Crippen LogP contribution in [0.2, 0.25) is 0 Å². The van der Waals surface area contributed by atoms with Crippen LogP contribution in [-0.2, 0) is 4.74 Å². The number of hydrogen-bond donors (Lipinski definition) is 1. The number of carbonyl (C=O) groups is 1. The Balaban J connectivity index is 1.88. The van der Waals surface area contributed by atoms with Crippen LogP contribution in [0.3, 0.4) is 0 Å². The summed E-state index contributed by atoms with van der Waals surface area (Å²) in [5, 5.41) is 2.92. The minimum absolute atomic E-state index is 0.118. The van der Waals surface area contributed by atoms with Crippen LogP contribution in [0.4, 0.5) is 10.6 Å². The summed E-state index contributed by atoms with van der Waals surface area (Å²) in [6.07, 6.45) is 2.38. The van der Waals surface area contributed by atoms with E-state index < -0.39 is 5.60 Å². The van der Waals surface area contributed by atoms with E-state index in [0.717, 1.165) is 25.3 Å². The van der Waals surface area contributed by atoms with E-state index in [1.54, 1.807) is 0 Å². The van der Waals surface area contributed by atoms with Gasteiger partial charge in [-0.15, -0.1) is 0 Å². The van der Waals surface area contributed by atoms with Gasteiger partial charge in [-0.1, -0.05) is 0 Å². The molecule has 1 aromatic rings. The van der Waals surface area contributed by atoms with Crippen molar-refractivity contribution in [3.63, 3.8) is 0 Å². The van der Waals surface area contributed by atoms with E-state index in [0.29, 0.717) is 0 Å². The largest absolute Gasteiger partial charge is 0.444 e. The quantitative estimate of drug-likeness (QED) is 0.902. The Morgan fingerprint density at radius 3 is 2.90 bits per heavy atom. The van der Waals surface area contributed by atoms with Gasteiger partial charge in [-0.2, -0.15) is 0 Å². The lowest BCUT2D eigenvalue weighted by molar-refractivity contribution is 0.0509. The molecule has 0 unspecified atom stereocenters. The van der Waals surface area contributed by atoms with Gasteiger partial charge in [0.25, 0.3) is 0 Å². The number of pyridine rings is 1. The summed E-state index contributed by atoms with van der Waals surface area (Å²) in [6.45, 7) is 9.32. The normalized spacial score (nSPS) is 19.0. The number of aryl methyl sites for hydroxylation is 1. The highest BCUT2D eigenvalue weighted by molar-refractivity contribution is 5.68. The summed E-state index contributed by atoms with van der Waals surface area (Å²) in [7, 11) is 0. The lowest BCUT2D eigenvalue weighted by Gasteiger charge is -2.22. The van der Waals surface area contributed by atoms with Crippen LogP contribution < -0.4 is 10.2 Å². The van der Waals surface area contributed by atoms with E-state index in [1.807, 2.05) is 33.0 Å². The second-order valence-corrected chi connectivity index (χ2v) is 6.27. The summed E-state index contributed by atoms with van der Waals surface area (Å²) >= 11 is 0. The lowest BCUT2D eigenvalue weighted by atomic mass is 10.2. The Bertz CT molecular complexity index is 482. The predicted octanol–water partition coefficient (Wildman–Crippen LogP) is 2.49. The van der Waals surface area contributed by atoms with E-state index in [9.17, 15) is 4.79 Å². The van der Waals surface area contributed by atoms with Crippen LogP contribution in [0.5, 0.6) is 0 Å². The molecule has 0 aliphatic carbocycles. The molecule has 1 aliphatic rings. The summed E-state index contributed by atoms with van der Waals surface area (Å²) in [6, 6.07) is 4.17. The fourth-order valence-corrected chi connectivity index (χ4v) is 2.25. The van der Waals surface area contributed by atoms with Crippen LogP contribution in [0.25, 0.3) is 0 Å². The van der Waals surface area contributed by atoms with Gasteiger partial charge in [0.1, 0.15) is 11.4 Å². The maximum Gasteiger partial charge on any atom is 0.407 e. The minimum atomic E-state index is -0.458. The number of hydrogen-bond acceptors (Lipinski definition) is 4. The highest BCUT2D eigenvalue weighted by Crippen LogP contribution is 2.19. The number of alkyl carbamates (subject to hydrolysis) is 1. The molecule has 110 valence electrons. The number of nitrogens with one attached hydrogen (secondary N) is 1. The average Bonchev–Trinajstić information content (AvgIpc) is 2.74. The molecule has 1 amide bonds. The van der Waals surface area contributed by atoms with E-state index in [1.165, 1.54) is 5.56 Å². The van der Waals surface area contributed by atoms with Crippen molar-refractivity contribution < 1.29 is 9.53 Å². The Kier molecular flexibility index (Phi) is 4.16. The van der Waals surface area contributed by atoms with Crippen molar-refractivity contribution in [1.82, 2.24) is 10.3 Å². The molecule has 1 aliphatic heterocycles. The number of carbonyl (C=O) groups excluding carboxylic acids is 1. The lowest BCUT2D eigenvalue weighted by Crippen LogP contribution is -2.40. The Hall–Kier alpha value is -1.78. The fraction of sp³-hybridized carbons (Fsp3) is 0.600. The summed E-state index contributed by atoms with van der Waals surface area (Å²) in [4.78, 5) is 18.3. The molecular weight excluding hydrogens is 254 g/mol. The van der Waals surface area contributed by atoms with Gasteiger partial charge in [0, 0.05) is 19.3 Å². The van der Waals surface area contributed by atoms with Gasteiger partial charge in [-0.25, -0.2) is 9.78 Å². The number of rotatable bonds is 2. The highest BCUT2D eigenvalue weighted by Gasteiger charge is 2.26. The molecule has 1 aromatic heterocycles. The maximum atomic E-state index is 11.7.